The van der Waals surface area contributed by atoms with Gasteiger partial charge in [0.2, 0.25) is 0 Å². The third-order valence-corrected chi connectivity index (χ3v) is 1.69. The number of rotatable bonds is 0. The average Bonchev–Trinajstić information content (AvgIpc) is 2.01. The van der Waals surface area contributed by atoms with Crippen LogP contribution < -0.4 is 0 Å². The zero-order valence-corrected chi connectivity index (χ0v) is 6.96. The van der Waals surface area contributed by atoms with E-state index in [0.717, 1.165) is 6.07 Å². The van der Waals surface area contributed by atoms with Gasteiger partial charge in [-0.25, -0.2) is 0 Å². The number of nitrogens with zero attached hydrogens (tertiary/aromatic N) is 1. The number of aromatic amines is 1. The van der Waals surface area contributed by atoms with E-state index in [1.807, 2.05) is 0 Å². The molecule has 1 N–H and O–H groups in total. The van der Waals surface area contributed by atoms with Crippen LogP contribution in [0.15, 0.2) is 12.3 Å². The van der Waals surface area contributed by atoms with E-state index in [9.17, 15) is 13.2 Å². The molecule has 0 atom stereocenters. The Labute approximate surface area is 76.6 Å². The maximum atomic E-state index is 12.3. The molecule has 0 saturated carbocycles. The molecule has 0 spiro atoms. The predicted molar refractivity (Wildman–Crippen MR) is 41.3 cm³/mol. The molecule has 13 heavy (non-hydrogen) atoms. The van der Waals surface area contributed by atoms with Crippen LogP contribution in [-0.4, -0.2) is 4.98 Å². The number of alkyl halides is 3. The molecular weight excluding hydrogens is 201 g/mol. The van der Waals surface area contributed by atoms with Gasteiger partial charge in [-0.1, -0.05) is 12.2 Å². The van der Waals surface area contributed by atoms with E-state index >= 15 is 0 Å². The van der Waals surface area contributed by atoms with Gasteiger partial charge in [-0.2, -0.15) is 18.4 Å². The molecule has 0 aromatic carbocycles. The van der Waals surface area contributed by atoms with E-state index in [1.165, 1.54) is 12.3 Å². The molecule has 1 aromatic heterocycles. The highest BCUT2D eigenvalue weighted by molar-refractivity contribution is 7.71. The maximum Gasteiger partial charge on any atom is 0.420 e. The van der Waals surface area contributed by atoms with Crippen LogP contribution in [0.1, 0.15) is 11.1 Å². The van der Waals surface area contributed by atoms with Gasteiger partial charge < -0.3 is 4.98 Å². The molecule has 0 aliphatic carbocycles. The van der Waals surface area contributed by atoms with E-state index in [2.05, 4.69) is 17.2 Å². The van der Waals surface area contributed by atoms with Crippen LogP contribution in [0.5, 0.6) is 0 Å². The topological polar surface area (TPSA) is 39.6 Å². The van der Waals surface area contributed by atoms with Crippen molar-refractivity contribution in [2.45, 2.75) is 6.18 Å². The van der Waals surface area contributed by atoms with E-state index in [-0.39, 0.29) is 0 Å². The first kappa shape index (κ1) is 9.74. The van der Waals surface area contributed by atoms with Crippen LogP contribution in [0.3, 0.4) is 0 Å². The standard InChI is InChI=1S/C7H3F3N2S/c8-7(9,10)5-4(3-11)1-2-12-6(5)13/h1-2H,(H,12,13). The second kappa shape index (κ2) is 3.18. The number of halogens is 3. The Kier molecular flexibility index (Phi) is 2.38. The first-order valence-corrected chi connectivity index (χ1v) is 3.56. The summed E-state index contributed by atoms with van der Waals surface area (Å²) in [5.41, 5.74) is -1.54. The number of nitrogens with one attached hydrogen (secondary N) is 1. The molecule has 0 amide bonds. The fraction of sp³-hybridized carbons (Fsp3) is 0.143. The normalized spacial score (nSPS) is 10.9. The summed E-state index contributed by atoms with van der Waals surface area (Å²) >= 11 is 4.43. The highest BCUT2D eigenvalue weighted by atomic mass is 32.1. The molecule has 0 aliphatic rings. The van der Waals surface area contributed by atoms with Crippen molar-refractivity contribution in [3.8, 4) is 6.07 Å². The smallest absolute Gasteiger partial charge is 0.352 e. The Morgan fingerprint density at radius 2 is 2.08 bits per heavy atom. The van der Waals surface area contributed by atoms with Crippen molar-refractivity contribution >= 4 is 12.2 Å². The molecule has 0 saturated heterocycles. The van der Waals surface area contributed by atoms with Crippen molar-refractivity contribution in [3.63, 3.8) is 0 Å². The van der Waals surface area contributed by atoms with Crippen LogP contribution in [0.2, 0.25) is 0 Å². The van der Waals surface area contributed by atoms with E-state index in [0.29, 0.717) is 0 Å². The fourth-order valence-corrected chi connectivity index (χ4v) is 1.15. The molecule has 0 bridgehead atoms. The minimum atomic E-state index is -4.58. The van der Waals surface area contributed by atoms with Gasteiger partial charge in [0.1, 0.15) is 10.2 Å². The summed E-state index contributed by atoms with van der Waals surface area (Å²) in [7, 11) is 0. The Morgan fingerprint density at radius 3 is 2.46 bits per heavy atom. The second-order valence-corrected chi connectivity index (χ2v) is 2.61. The fourth-order valence-electron chi connectivity index (χ4n) is 0.853. The molecule has 68 valence electrons. The quantitative estimate of drug-likeness (QED) is 0.660. The zero-order valence-electron chi connectivity index (χ0n) is 6.14. The Balaban J connectivity index is 3.53. The number of hydrogen-bond donors (Lipinski definition) is 1. The molecule has 0 aliphatic heterocycles. The molecule has 1 rings (SSSR count). The molecule has 2 nitrogen and oxygen atoms in total. The van der Waals surface area contributed by atoms with Crippen LogP contribution >= 0.6 is 12.2 Å². The lowest BCUT2D eigenvalue weighted by Crippen LogP contribution is -2.09. The third kappa shape index (κ3) is 1.87. The average molecular weight is 204 g/mol. The lowest BCUT2D eigenvalue weighted by molar-refractivity contribution is -0.138. The number of aromatic nitrogens is 1. The first-order chi connectivity index (χ1) is 5.96. The first-order valence-electron chi connectivity index (χ1n) is 3.16. The van der Waals surface area contributed by atoms with Crippen molar-refractivity contribution in [2.24, 2.45) is 0 Å². The van der Waals surface area contributed by atoms with Gasteiger partial charge in [0.05, 0.1) is 11.6 Å². The van der Waals surface area contributed by atoms with E-state index in [4.69, 9.17) is 5.26 Å². The lowest BCUT2D eigenvalue weighted by Gasteiger charge is -2.07. The van der Waals surface area contributed by atoms with E-state index in [1.54, 1.807) is 0 Å². The van der Waals surface area contributed by atoms with Crippen molar-refractivity contribution < 1.29 is 13.2 Å². The molecule has 0 fully saturated rings. The van der Waals surface area contributed by atoms with Gasteiger partial charge >= 0.3 is 6.18 Å². The second-order valence-electron chi connectivity index (χ2n) is 2.21. The number of nitriles is 1. The summed E-state index contributed by atoms with van der Waals surface area (Å²) in [6.45, 7) is 0. The molecule has 1 heterocycles. The Bertz CT molecular complexity index is 413. The molecule has 0 unspecified atom stereocenters. The van der Waals surface area contributed by atoms with Gasteiger partial charge in [0.25, 0.3) is 0 Å². The summed E-state index contributed by atoms with van der Waals surface area (Å²) in [6.07, 6.45) is -3.38. The Hall–Kier alpha value is -1.35. The number of H-pyrrole nitrogens is 1. The molecule has 1 aromatic rings. The van der Waals surface area contributed by atoms with Crippen LogP contribution in [-0.2, 0) is 6.18 Å². The largest absolute Gasteiger partial charge is 0.420 e. The zero-order chi connectivity index (χ0) is 10.1. The van der Waals surface area contributed by atoms with Crippen molar-refractivity contribution in [2.75, 3.05) is 0 Å². The molecule has 0 radical (unpaired) electrons. The minimum absolute atomic E-state index is 0.462. The SMILES string of the molecule is N#Cc1cc[nH]c(=S)c1C(F)(F)F. The van der Waals surface area contributed by atoms with Gasteiger partial charge in [0, 0.05) is 6.20 Å². The third-order valence-electron chi connectivity index (χ3n) is 1.36. The van der Waals surface area contributed by atoms with Crippen molar-refractivity contribution in [3.05, 3.63) is 28.0 Å². The highest BCUT2D eigenvalue weighted by Crippen LogP contribution is 2.31. The highest BCUT2D eigenvalue weighted by Gasteiger charge is 2.35. The van der Waals surface area contributed by atoms with Crippen LogP contribution in [0.25, 0.3) is 0 Å². The maximum absolute atomic E-state index is 12.3. The van der Waals surface area contributed by atoms with Gasteiger partial charge in [-0.05, 0) is 6.07 Å². The summed E-state index contributed by atoms with van der Waals surface area (Å²) in [6, 6.07) is 2.48. The monoisotopic (exact) mass is 204 g/mol. The summed E-state index contributed by atoms with van der Waals surface area (Å²) in [5, 5.41) is 8.40. The number of pyridine rings is 1. The van der Waals surface area contributed by atoms with Crippen molar-refractivity contribution in [1.82, 2.24) is 4.98 Å². The van der Waals surface area contributed by atoms with Crippen LogP contribution in [0.4, 0.5) is 13.2 Å². The van der Waals surface area contributed by atoms with Gasteiger partial charge in [-0.3, -0.25) is 0 Å². The lowest BCUT2D eigenvalue weighted by atomic mass is 10.1. The summed E-state index contributed by atoms with van der Waals surface area (Å²) in [4.78, 5) is 2.22. The summed E-state index contributed by atoms with van der Waals surface area (Å²) in [5.74, 6) is 0. The molecular formula is C7H3F3N2S. The predicted octanol–water partition coefficient (Wildman–Crippen LogP) is 2.63. The Morgan fingerprint density at radius 1 is 1.46 bits per heavy atom. The van der Waals surface area contributed by atoms with Crippen LogP contribution in [0, 0.1) is 16.0 Å². The molecule has 6 heteroatoms. The van der Waals surface area contributed by atoms with E-state index < -0.39 is 21.9 Å². The minimum Gasteiger partial charge on any atom is -0.352 e. The van der Waals surface area contributed by atoms with Gasteiger partial charge in [0.15, 0.2) is 0 Å². The summed E-state index contributed by atoms with van der Waals surface area (Å²) < 4.78 is 36.3. The van der Waals surface area contributed by atoms with Crippen molar-refractivity contribution in [1.29, 1.82) is 5.26 Å². The van der Waals surface area contributed by atoms with Gasteiger partial charge in [-0.15, -0.1) is 0 Å². The number of hydrogen-bond acceptors (Lipinski definition) is 2.